The van der Waals surface area contributed by atoms with Gasteiger partial charge in [0.1, 0.15) is 24.2 Å². The monoisotopic (exact) mass is 932 g/mol. The van der Waals surface area contributed by atoms with E-state index in [4.69, 9.17) is 24.2 Å². The van der Waals surface area contributed by atoms with Crippen LogP contribution in [0.5, 0.6) is 0 Å². The Balaban J connectivity index is 1.14. The van der Waals surface area contributed by atoms with Crippen molar-refractivity contribution >= 4 is 46.1 Å². The highest BCUT2D eigenvalue weighted by atomic mass is 32.1. The number of cyclic esters (lactones) is 1. The van der Waals surface area contributed by atoms with Crippen molar-refractivity contribution in [3.8, 4) is 22.5 Å². The molecule has 0 aliphatic carbocycles. The lowest BCUT2D eigenvalue weighted by Gasteiger charge is -2.39. The van der Waals surface area contributed by atoms with E-state index in [9.17, 15) is 19.2 Å². The van der Waals surface area contributed by atoms with Gasteiger partial charge in [-0.15, -0.1) is 11.3 Å². The zero-order chi connectivity index (χ0) is 47.6. The van der Waals surface area contributed by atoms with Gasteiger partial charge in [0.25, 0.3) is 5.91 Å². The van der Waals surface area contributed by atoms with Crippen molar-refractivity contribution in [2.75, 3.05) is 47.0 Å². The molecule has 2 fully saturated rings. The molecule has 0 spiro atoms. The highest BCUT2D eigenvalue weighted by molar-refractivity contribution is 7.10. The van der Waals surface area contributed by atoms with Gasteiger partial charge in [-0.25, -0.2) is 15.2 Å². The number of morpholine rings is 1. The number of rotatable bonds is 9. The number of ether oxygens (including phenoxy) is 3. The van der Waals surface area contributed by atoms with Crippen LogP contribution in [0.25, 0.3) is 33.4 Å². The largest absolute Gasteiger partial charge is 0.464 e. The minimum absolute atomic E-state index is 0.0900. The van der Waals surface area contributed by atoms with Crippen LogP contribution in [0.2, 0.25) is 0 Å². The Bertz CT molecular complexity index is 2590. The van der Waals surface area contributed by atoms with E-state index < -0.39 is 41.3 Å². The van der Waals surface area contributed by atoms with E-state index in [1.807, 2.05) is 62.5 Å². The molecule has 0 saturated carbocycles. The molecule has 3 aliphatic rings. The summed E-state index contributed by atoms with van der Waals surface area (Å²) in [6.07, 6.45) is 2.95. The van der Waals surface area contributed by atoms with Gasteiger partial charge in [-0.05, 0) is 74.4 Å². The molecule has 2 saturated heterocycles. The standard InChI is InChI=1S/C51H64N8O7S/c1-9-58-41-20-19-34-25-36(41)37(46(58)35-17-13-21-52-44(35)32(4)64-8)27-51(5,6)30-66-49(62)38-18-14-22-59(55-38)48(61)39(26-43-53-40(34)29-67-43)54-47(60)45(31(2)3)56(7)50(63)57-23-24-65-42(28-57)33-15-11-10-12-16-33/h10-13,15-17,19-21,25,29,31-32,38-39,42,45,55H,9,14,18,22-24,26-28,30H2,1-8H3,(H,54,60)/t32-,38-,39-,42-,45?/m0/s1. The third-order valence-corrected chi connectivity index (χ3v) is 14.2. The summed E-state index contributed by atoms with van der Waals surface area (Å²) in [6, 6.07) is 17.2. The second-order valence-electron chi connectivity index (χ2n) is 19.1. The SMILES string of the molecule is CCn1c(-c2cccnc2[C@H](C)OC)c2c3cc(ccc31)-c1csc(n1)C[C@H](NC(=O)C(C(C)C)N(C)C(=O)N1CCO[C@H](c3ccccc3)C1)C(=O)N1CCC[C@H](N1)C(=O)OCC(C)(C)C2. The number of esters is 1. The second kappa shape index (κ2) is 20.3. The smallest absolute Gasteiger partial charge is 0.324 e. The molecule has 1 unspecified atom stereocenters. The van der Waals surface area contributed by atoms with Crippen LogP contribution in [-0.4, -0.2) is 118 Å². The van der Waals surface area contributed by atoms with Gasteiger partial charge in [0, 0.05) is 79.2 Å². The van der Waals surface area contributed by atoms with Gasteiger partial charge in [-0.1, -0.05) is 64.1 Å². The third-order valence-electron chi connectivity index (χ3n) is 13.3. The van der Waals surface area contributed by atoms with Gasteiger partial charge >= 0.3 is 12.0 Å². The van der Waals surface area contributed by atoms with Crippen LogP contribution in [0.4, 0.5) is 4.79 Å². The van der Waals surface area contributed by atoms with Crippen LogP contribution in [0, 0.1) is 11.3 Å². The number of thiazole rings is 1. The third kappa shape index (κ3) is 10.1. The topological polar surface area (TPSA) is 160 Å². The number of nitrogens with zero attached hydrogens (tertiary/aromatic N) is 6. The number of amides is 4. The van der Waals surface area contributed by atoms with Gasteiger partial charge in [0.2, 0.25) is 5.91 Å². The predicted octanol–water partition coefficient (Wildman–Crippen LogP) is 7.35. The fraction of sp³-hybridized carbons (Fsp3) is 0.490. The number of likely N-dealkylation sites (N-methyl/N-ethyl adjacent to an activating group) is 1. The summed E-state index contributed by atoms with van der Waals surface area (Å²) in [5.74, 6) is -1.61. The molecule has 5 aromatic rings. The molecular weight excluding hydrogens is 869 g/mol. The summed E-state index contributed by atoms with van der Waals surface area (Å²) in [6.45, 7) is 14.4. The molecule has 5 atom stereocenters. The van der Waals surface area contributed by atoms with E-state index in [1.54, 1.807) is 25.3 Å². The molecule has 6 bridgehead atoms. The Hall–Kier alpha value is -5.68. The number of benzene rings is 2. The molecule has 2 N–H and O–H groups in total. The number of nitrogens with one attached hydrogen (secondary N) is 2. The van der Waals surface area contributed by atoms with Crippen LogP contribution < -0.4 is 10.7 Å². The number of carbonyl (C=O) groups is 4. The molecule has 16 heteroatoms. The summed E-state index contributed by atoms with van der Waals surface area (Å²) in [5, 5.41) is 8.19. The fourth-order valence-electron chi connectivity index (χ4n) is 9.78. The Kier molecular flexibility index (Phi) is 14.5. The zero-order valence-electron chi connectivity index (χ0n) is 39.9. The summed E-state index contributed by atoms with van der Waals surface area (Å²) in [7, 11) is 3.33. The molecule has 3 aromatic heterocycles. The van der Waals surface area contributed by atoms with Crippen LogP contribution in [0.15, 0.2) is 72.2 Å². The summed E-state index contributed by atoms with van der Waals surface area (Å²) in [4.78, 5) is 70.5. The van der Waals surface area contributed by atoms with E-state index in [2.05, 4.69) is 60.3 Å². The number of fused-ring (bicyclic) bond motifs is 6. The van der Waals surface area contributed by atoms with Crippen LogP contribution in [-0.2, 0) is 48.0 Å². The number of aryl methyl sites for hydroxylation is 1. The number of aromatic nitrogens is 3. The van der Waals surface area contributed by atoms with E-state index in [-0.39, 0.29) is 37.2 Å². The number of hydrogen-bond acceptors (Lipinski definition) is 11. The second-order valence-corrected chi connectivity index (χ2v) is 20.0. The lowest BCUT2D eigenvalue weighted by Crippen LogP contribution is -2.62. The molecule has 15 nitrogen and oxygen atoms in total. The maximum Gasteiger partial charge on any atom is 0.324 e. The molecule has 8 rings (SSSR count). The van der Waals surface area contributed by atoms with Crippen LogP contribution in [0.3, 0.4) is 0 Å². The fourth-order valence-corrected chi connectivity index (χ4v) is 10.6. The highest BCUT2D eigenvalue weighted by Crippen LogP contribution is 2.42. The Morgan fingerprint density at radius 3 is 2.61 bits per heavy atom. The molecule has 2 aromatic carbocycles. The summed E-state index contributed by atoms with van der Waals surface area (Å²) >= 11 is 1.42. The van der Waals surface area contributed by atoms with Crippen LogP contribution in [0.1, 0.15) is 88.4 Å². The lowest BCUT2D eigenvalue weighted by molar-refractivity contribution is -0.155. The van der Waals surface area contributed by atoms with E-state index >= 15 is 0 Å². The molecule has 0 radical (unpaired) electrons. The van der Waals surface area contributed by atoms with Gasteiger partial charge in [0.15, 0.2) is 0 Å². The van der Waals surface area contributed by atoms with E-state index in [0.717, 1.165) is 50.2 Å². The highest BCUT2D eigenvalue weighted by Gasteiger charge is 2.39. The average molecular weight is 933 g/mol. The van der Waals surface area contributed by atoms with Crippen molar-refractivity contribution in [3.63, 3.8) is 0 Å². The molecule has 3 aliphatic heterocycles. The van der Waals surface area contributed by atoms with Crippen molar-refractivity contribution < 1.29 is 33.4 Å². The Morgan fingerprint density at radius 2 is 1.87 bits per heavy atom. The maximum absolute atomic E-state index is 14.7. The van der Waals surface area contributed by atoms with E-state index in [1.165, 1.54) is 21.2 Å². The molecule has 6 heterocycles. The number of methoxy groups -OCH3 is 1. The van der Waals surface area contributed by atoms with E-state index in [0.29, 0.717) is 57.1 Å². The number of urea groups is 1. The average Bonchev–Trinajstić information content (AvgIpc) is 3.93. The normalized spacial score (nSPS) is 21.1. The molecular formula is C51H64N8O7S. The van der Waals surface area contributed by atoms with Crippen molar-refractivity contribution in [3.05, 3.63) is 94.1 Å². The number of carbonyl (C=O) groups excluding carboxylic acids is 4. The van der Waals surface area contributed by atoms with Crippen LogP contribution >= 0.6 is 11.3 Å². The first-order valence-electron chi connectivity index (χ1n) is 23.5. The Labute approximate surface area is 397 Å². The minimum atomic E-state index is -1.07. The minimum Gasteiger partial charge on any atom is -0.464 e. The van der Waals surface area contributed by atoms with Crippen molar-refractivity contribution in [1.29, 1.82) is 0 Å². The van der Waals surface area contributed by atoms with Crippen molar-refractivity contribution in [1.82, 2.24) is 40.1 Å². The molecule has 67 heavy (non-hydrogen) atoms. The molecule has 4 amide bonds. The van der Waals surface area contributed by atoms with Gasteiger partial charge in [0.05, 0.1) is 48.0 Å². The predicted molar refractivity (Wildman–Crippen MR) is 258 cm³/mol. The first-order valence-corrected chi connectivity index (χ1v) is 24.4. The first-order chi connectivity index (χ1) is 32.2. The van der Waals surface area contributed by atoms with Crippen molar-refractivity contribution in [2.45, 2.75) is 104 Å². The number of hydrogen-bond donors (Lipinski definition) is 2. The van der Waals surface area contributed by atoms with Crippen molar-refractivity contribution in [2.24, 2.45) is 11.3 Å². The lowest BCUT2D eigenvalue weighted by atomic mass is 9.84. The summed E-state index contributed by atoms with van der Waals surface area (Å²) in [5.41, 5.74) is 10.3. The summed E-state index contributed by atoms with van der Waals surface area (Å²) < 4.78 is 20.3. The van der Waals surface area contributed by atoms with Gasteiger partial charge < -0.3 is 33.9 Å². The van der Waals surface area contributed by atoms with Gasteiger partial charge in [-0.3, -0.25) is 24.4 Å². The molecule has 356 valence electrons. The zero-order valence-corrected chi connectivity index (χ0v) is 40.7. The quantitative estimate of drug-likeness (QED) is 0.143. The Morgan fingerprint density at radius 1 is 1.07 bits per heavy atom. The number of pyridine rings is 1. The van der Waals surface area contributed by atoms with Gasteiger partial charge in [-0.2, -0.15) is 0 Å². The maximum atomic E-state index is 14.7. The number of hydrazine groups is 1. The first kappa shape index (κ1) is 47.8.